The van der Waals surface area contributed by atoms with Crippen LogP contribution in [0.3, 0.4) is 0 Å². The minimum Gasteiger partial charge on any atom is -0.468 e. The number of ether oxygens (including phenoxy) is 3. The van der Waals surface area contributed by atoms with Gasteiger partial charge in [0.1, 0.15) is 0 Å². The predicted octanol–water partition coefficient (Wildman–Crippen LogP) is 2.11. The molecule has 1 aliphatic rings. The molecular weight excluding hydrogens is 365 g/mol. The third-order valence-electron chi connectivity index (χ3n) is 2.60. The highest BCUT2D eigenvalue weighted by atomic mass is 35.6. The van der Waals surface area contributed by atoms with E-state index in [1.54, 1.807) is 6.08 Å². The molecule has 0 aliphatic carbocycles. The molecule has 0 saturated carbocycles. The summed E-state index contributed by atoms with van der Waals surface area (Å²) in [5.41, 5.74) is 0. The summed E-state index contributed by atoms with van der Waals surface area (Å²) in [6.07, 6.45) is 1.89. The largest absolute Gasteiger partial charge is 0.468 e. The molecule has 0 amide bonds. The van der Waals surface area contributed by atoms with Crippen LogP contribution in [0.4, 0.5) is 0 Å². The average Bonchev–Trinajstić information content (AvgIpc) is 2.45. The fourth-order valence-corrected chi connectivity index (χ4v) is 2.93. The van der Waals surface area contributed by atoms with E-state index in [1.807, 2.05) is 0 Å². The number of thioether (sulfide) groups is 1. The second kappa shape index (κ2) is 7.09. The Bertz CT molecular complexity index is 461. The molecule has 0 aromatic rings. The van der Waals surface area contributed by atoms with Gasteiger partial charge in [-0.25, -0.2) is 9.59 Å². The fraction of sp³-hybridized carbons (Fsp3) is 0.545. The maximum atomic E-state index is 12.1. The molecule has 0 aromatic carbocycles. The second-order valence-electron chi connectivity index (χ2n) is 3.82. The van der Waals surface area contributed by atoms with Gasteiger partial charge in [0.15, 0.2) is 6.10 Å². The molecule has 1 heterocycles. The SMILES string of the molecule is COC(=O)C1(C(=O)OC)SCC=CC1OC(=N)C(Cl)(Cl)Cl. The van der Waals surface area contributed by atoms with Gasteiger partial charge in [0, 0.05) is 5.75 Å². The molecule has 1 aliphatic heterocycles. The number of esters is 2. The zero-order chi connectivity index (χ0) is 16.3. The van der Waals surface area contributed by atoms with E-state index >= 15 is 0 Å². The first kappa shape index (κ1) is 18.4. The fourth-order valence-electron chi connectivity index (χ4n) is 1.63. The number of nitrogens with one attached hydrogen (secondary N) is 1. The molecule has 21 heavy (non-hydrogen) atoms. The van der Waals surface area contributed by atoms with Crippen molar-refractivity contribution in [3.63, 3.8) is 0 Å². The zero-order valence-electron chi connectivity index (χ0n) is 11.0. The van der Waals surface area contributed by atoms with Crippen LogP contribution >= 0.6 is 46.6 Å². The van der Waals surface area contributed by atoms with E-state index < -0.39 is 32.5 Å². The van der Waals surface area contributed by atoms with E-state index in [-0.39, 0.29) is 0 Å². The van der Waals surface area contributed by atoms with Gasteiger partial charge in [-0.05, 0) is 6.08 Å². The molecule has 0 radical (unpaired) electrons. The van der Waals surface area contributed by atoms with Gasteiger partial charge >= 0.3 is 11.9 Å². The number of alkyl halides is 3. The smallest absolute Gasteiger partial charge is 0.337 e. The molecule has 10 heteroatoms. The van der Waals surface area contributed by atoms with Crippen molar-refractivity contribution in [1.29, 1.82) is 5.41 Å². The number of methoxy groups -OCH3 is 2. The van der Waals surface area contributed by atoms with E-state index in [0.717, 1.165) is 26.0 Å². The Morgan fingerprint density at radius 2 is 1.81 bits per heavy atom. The first-order valence-electron chi connectivity index (χ1n) is 5.50. The molecule has 0 aromatic heterocycles. The molecule has 1 N–H and O–H groups in total. The molecule has 1 rings (SSSR count). The van der Waals surface area contributed by atoms with Gasteiger partial charge in [-0.15, -0.1) is 11.8 Å². The van der Waals surface area contributed by atoms with Crippen molar-refractivity contribution >= 4 is 64.4 Å². The van der Waals surface area contributed by atoms with Crippen molar-refractivity contribution < 1.29 is 23.8 Å². The highest BCUT2D eigenvalue weighted by molar-refractivity contribution is 8.02. The van der Waals surface area contributed by atoms with Crippen LogP contribution in [-0.2, 0) is 23.8 Å². The number of carbonyl (C=O) groups is 2. The van der Waals surface area contributed by atoms with Gasteiger partial charge in [-0.3, -0.25) is 5.41 Å². The van der Waals surface area contributed by atoms with Crippen molar-refractivity contribution in [2.24, 2.45) is 0 Å². The molecule has 0 saturated heterocycles. The summed E-state index contributed by atoms with van der Waals surface area (Å²) in [6, 6.07) is 0. The zero-order valence-corrected chi connectivity index (χ0v) is 14.1. The number of hydrogen-bond acceptors (Lipinski definition) is 7. The van der Waals surface area contributed by atoms with Gasteiger partial charge in [-0.1, -0.05) is 40.9 Å². The van der Waals surface area contributed by atoms with Gasteiger partial charge in [0.2, 0.25) is 5.90 Å². The minimum atomic E-state index is -2.12. The summed E-state index contributed by atoms with van der Waals surface area (Å²) in [5.74, 6) is -2.11. The predicted molar refractivity (Wildman–Crippen MR) is 81.3 cm³/mol. The lowest BCUT2D eigenvalue weighted by molar-refractivity contribution is -0.159. The Kier molecular flexibility index (Phi) is 6.22. The third kappa shape index (κ3) is 3.77. The van der Waals surface area contributed by atoms with Crippen molar-refractivity contribution in [2.75, 3.05) is 20.0 Å². The van der Waals surface area contributed by atoms with Crippen LogP contribution < -0.4 is 0 Å². The lowest BCUT2D eigenvalue weighted by Gasteiger charge is -2.35. The maximum absolute atomic E-state index is 12.1. The van der Waals surface area contributed by atoms with Crippen LogP contribution in [0.5, 0.6) is 0 Å². The minimum absolute atomic E-state index is 0.352. The van der Waals surface area contributed by atoms with Gasteiger partial charge in [-0.2, -0.15) is 0 Å². The van der Waals surface area contributed by atoms with E-state index in [4.69, 9.17) is 44.9 Å². The summed E-state index contributed by atoms with van der Waals surface area (Å²) in [4.78, 5) is 24.2. The standard InChI is InChI=1S/C11H12Cl3NO5S/c1-18-8(16)10(9(17)19-2)6(4-3-5-21-10)20-7(15)11(12,13)14/h3-4,6,15H,5H2,1-2H3. The van der Waals surface area contributed by atoms with Crippen LogP contribution in [0, 0.1) is 5.41 Å². The lowest BCUT2D eigenvalue weighted by Crippen LogP contribution is -2.57. The molecule has 6 nitrogen and oxygen atoms in total. The normalized spacial score (nSPS) is 20.5. The quantitative estimate of drug-likeness (QED) is 0.203. The second-order valence-corrected chi connectivity index (χ2v) is 7.37. The van der Waals surface area contributed by atoms with Crippen molar-refractivity contribution in [3.8, 4) is 0 Å². The molecule has 0 fully saturated rings. The number of halogens is 3. The summed E-state index contributed by atoms with van der Waals surface area (Å²) in [7, 11) is 2.26. The van der Waals surface area contributed by atoms with Gasteiger partial charge < -0.3 is 14.2 Å². The Morgan fingerprint density at radius 1 is 1.29 bits per heavy atom. The van der Waals surface area contributed by atoms with Crippen LogP contribution in [0.15, 0.2) is 12.2 Å². The average molecular weight is 377 g/mol. The number of carbonyl (C=O) groups excluding carboxylic acids is 2. The maximum Gasteiger partial charge on any atom is 0.337 e. The highest BCUT2D eigenvalue weighted by Crippen LogP contribution is 2.39. The first-order chi connectivity index (χ1) is 9.70. The Hall–Kier alpha value is -0.630. The van der Waals surface area contributed by atoms with Crippen LogP contribution in [0.2, 0.25) is 0 Å². The molecule has 1 atom stereocenters. The van der Waals surface area contributed by atoms with Gasteiger partial charge in [0.05, 0.1) is 14.2 Å². The summed E-state index contributed by atoms with van der Waals surface area (Å²) in [6.45, 7) is 0. The van der Waals surface area contributed by atoms with Gasteiger partial charge in [0.25, 0.3) is 8.54 Å². The van der Waals surface area contributed by atoms with E-state index in [1.165, 1.54) is 6.08 Å². The van der Waals surface area contributed by atoms with E-state index in [9.17, 15) is 9.59 Å². The highest BCUT2D eigenvalue weighted by Gasteiger charge is 2.58. The van der Waals surface area contributed by atoms with Crippen molar-refractivity contribution in [3.05, 3.63) is 12.2 Å². The summed E-state index contributed by atoms with van der Waals surface area (Å²) in [5, 5.41) is 7.58. The van der Waals surface area contributed by atoms with Crippen LogP contribution in [0.25, 0.3) is 0 Å². The van der Waals surface area contributed by atoms with Crippen molar-refractivity contribution in [2.45, 2.75) is 14.6 Å². The molecule has 0 spiro atoms. The van der Waals surface area contributed by atoms with Crippen LogP contribution in [0.1, 0.15) is 0 Å². The van der Waals surface area contributed by atoms with Crippen molar-refractivity contribution in [1.82, 2.24) is 0 Å². The molecule has 1 unspecified atom stereocenters. The Morgan fingerprint density at radius 3 is 2.24 bits per heavy atom. The molecule has 0 bridgehead atoms. The first-order valence-corrected chi connectivity index (χ1v) is 7.62. The molecule has 118 valence electrons. The Balaban J connectivity index is 3.20. The number of hydrogen-bond donors (Lipinski definition) is 1. The van der Waals surface area contributed by atoms with Crippen LogP contribution in [-0.4, -0.2) is 52.5 Å². The molecular formula is C11H12Cl3NO5S. The number of rotatable bonds is 3. The summed E-state index contributed by atoms with van der Waals surface area (Å²) >= 11 is 17.6. The van der Waals surface area contributed by atoms with E-state index in [0.29, 0.717) is 5.75 Å². The Labute approximate surface area is 140 Å². The third-order valence-corrected chi connectivity index (χ3v) is 4.49. The monoisotopic (exact) mass is 375 g/mol. The topological polar surface area (TPSA) is 85.7 Å². The lowest BCUT2D eigenvalue weighted by atomic mass is 10.00. The summed E-state index contributed by atoms with van der Waals surface area (Å²) < 4.78 is 10.6. The van der Waals surface area contributed by atoms with E-state index in [2.05, 4.69) is 9.47 Å².